The molecule has 5 heteroatoms. The van der Waals surface area contributed by atoms with Crippen molar-refractivity contribution in [2.75, 3.05) is 5.75 Å². The van der Waals surface area contributed by atoms with Crippen molar-refractivity contribution in [1.29, 1.82) is 5.26 Å². The van der Waals surface area contributed by atoms with Gasteiger partial charge in [-0.2, -0.15) is 5.26 Å². The highest BCUT2D eigenvalue weighted by atomic mass is 32.2. The molecule has 0 saturated carbocycles. The first-order valence-electron chi connectivity index (χ1n) is 5.05. The lowest BCUT2D eigenvalue weighted by atomic mass is 10.2. The number of thioether (sulfide) groups is 1. The van der Waals surface area contributed by atoms with Crippen molar-refractivity contribution < 1.29 is 4.39 Å². The molecule has 1 heterocycles. The van der Waals surface area contributed by atoms with Crippen molar-refractivity contribution in [2.24, 2.45) is 0 Å². The van der Waals surface area contributed by atoms with Crippen molar-refractivity contribution in [1.82, 2.24) is 9.55 Å². The number of hydrogen-bond donors (Lipinski definition) is 0. The first kappa shape index (κ1) is 11.7. The second-order valence-electron chi connectivity index (χ2n) is 3.41. The Balaban J connectivity index is 2.10. The normalized spacial score (nSPS) is 10.1. The highest BCUT2D eigenvalue weighted by Gasteiger charge is 2.03. The van der Waals surface area contributed by atoms with Gasteiger partial charge in [-0.1, -0.05) is 23.9 Å². The van der Waals surface area contributed by atoms with Crippen LogP contribution in [0.1, 0.15) is 5.56 Å². The zero-order valence-electron chi connectivity index (χ0n) is 9.01. The smallest absolute Gasteiger partial charge is 0.169 e. The SMILES string of the molecule is N#CCSc1nccn1Cc1ccc(F)cc1. The highest BCUT2D eigenvalue weighted by molar-refractivity contribution is 7.99. The minimum Gasteiger partial charge on any atom is -0.322 e. The van der Waals surface area contributed by atoms with Crippen LogP contribution in [0.5, 0.6) is 0 Å². The third-order valence-corrected chi connectivity index (χ3v) is 3.08. The monoisotopic (exact) mass is 247 g/mol. The molecule has 0 amide bonds. The molecule has 0 bridgehead atoms. The van der Waals surface area contributed by atoms with Crippen molar-refractivity contribution in [3.05, 3.63) is 48.0 Å². The molecule has 0 aliphatic heterocycles. The van der Waals surface area contributed by atoms with Crippen LogP contribution >= 0.6 is 11.8 Å². The molecular formula is C12H10FN3S. The molecule has 0 spiro atoms. The van der Waals surface area contributed by atoms with E-state index in [1.54, 1.807) is 18.3 Å². The van der Waals surface area contributed by atoms with E-state index in [2.05, 4.69) is 11.1 Å². The third kappa shape index (κ3) is 3.08. The first-order valence-corrected chi connectivity index (χ1v) is 6.03. The van der Waals surface area contributed by atoms with Crippen molar-refractivity contribution in [3.63, 3.8) is 0 Å². The Morgan fingerprint density at radius 1 is 1.35 bits per heavy atom. The summed E-state index contributed by atoms with van der Waals surface area (Å²) in [7, 11) is 0. The molecule has 0 aliphatic carbocycles. The molecule has 86 valence electrons. The number of nitrogens with zero attached hydrogens (tertiary/aromatic N) is 3. The molecule has 1 aromatic carbocycles. The van der Waals surface area contributed by atoms with Crippen LogP contribution in [0.25, 0.3) is 0 Å². The minimum absolute atomic E-state index is 0.238. The Morgan fingerprint density at radius 3 is 2.82 bits per heavy atom. The molecule has 17 heavy (non-hydrogen) atoms. The predicted octanol–water partition coefficient (Wildman–Crippen LogP) is 2.69. The molecule has 0 atom stereocenters. The van der Waals surface area contributed by atoms with E-state index in [1.807, 2.05) is 10.8 Å². The molecule has 0 aliphatic rings. The van der Waals surface area contributed by atoms with E-state index in [9.17, 15) is 4.39 Å². The van der Waals surface area contributed by atoms with Gasteiger partial charge in [0, 0.05) is 18.9 Å². The molecule has 1 aromatic heterocycles. The Morgan fingerprint density at radius 2 is 2.12 bits per heavy atom. The van der Waals surface area contributed by atoms with E-state index in [-0.39, 0.29) is 5.82 Å². The summed E-state index contributed by atoms with van der Waals surface area (Å²) in [5, 5.41) is 9.33. The van der Waals surface area contributed by atoms with Gasteiger partial charge in [-0.3, -0.25) is 0 Å². The lowest BCUT2D eigenvalue weighted by molar-refractivity contribution is 0.625. The van der Waals surface area contributed by atoms with Crippen LogP contribution in [0.4, 0.5) is 4.39 Å². The number of imidazole rings is 1. The van der Waals surface area contributed by atoms with Gasteiger partial charge in [0.05, 0.1) is 11.8 Å². The van der Waals surface area contributed by atoms with Gasteiger partial charge in [-0.25, -0.2) is 9.37 Å². The maximum absolute atomic E-state index is 12.8. The molecule has 0 fully saturated rings. The second kappa shape index (κ2) is 5.51. The standard InChI is InChI=1S/C12H10FN3S/c13-11-3-1-10(2-4-11)9-16-7-6-15-12(16)17-8-5-14/h1-4,6-7H,8-9H2. The van der Waals surface area contributed by atoms with Gasteiger partial charge in [-0.15, -0.1) is 0 Å². The van der Waals surface area contributed by atoms with Crippen molar-refractivity contribution >= 4 is 11.8 Å². The number of aromatic nitrogens is 2. The molecule has 2 rings (SSSR count). The summed E-state index contributed by atoms with van der Waals surface area (Å²) in [4.78, 5) is 4.17. The average Bonchev–Trinajstić information content (AvgIpc) is 2.77. The summed E-state index contributed by atoms with van der Waals surface area (Å²) in [5.41, 5.74) is 1.00. The average molecular weight is 247 g/mol. The van der Waals surface area contributed by atoms with Gasteiger partial charge in [0.1, 0.15) is 5.82 Å². The maximum Gasteiger partial charge on any atom is 0.169 e. The van der Waals surface area contributed by atoms with Gasteiger partial charge >= 0.3 is 0 Å². The van der Waals surface area contributed by atoms with E-state index in [4.69, 9.17) is 5.26 Å². The fourth-order valence-corrected chi connectivity index (χ4v) is 2.06. The Labute approximate surface area is 103 Å². The predicted molar refractivity (Wildman–Crippen MR) is 64.1 cm³/mol. The van der Waals surface area contributed by atoms with Crippen molar-refractivity contribution in [2.45, 2.75) is 11.7 Å². The van der Waals surface area contributed by atoms with E-state index < -0.39 is 0 Å². The number of hydrogen-bond acceptors (Lipinski definition) is 3. The Hall–Kier alpha value is -1.80. The molecular weight excluding hydrogens is 237 g/mol. The summed E-state index contributed by atoms with van der Waals surface area (Å²) < 4.78 is 14.7. The summed E-state index contributed by atoms with van der Waals surface area (Å²) in [6, 6.07) is 8.43. The lowest BCUT2D eigenvalue weighted by Crippen LogP contribution is -2.00. The van der Waals surface area contributed by atoms with Crippen LogP contribution in [0, 0.1) is 17.1 Å². The van der Waals surface area contributed by atoms with Crippen LogP contribution in [0.2, 0.25) is 0 Å². The van der Waals surface area contributed by atoms with Crippen LogP contribution in [-0.2, 0) is 6.54 Å². The number of halogens is 1. The molecule has 0 N–H and O–H groups in total. The third-order valence-electron chi connectivity index (χ3n) is 2.21. The van der Waals surface area contributed by atoms with Gasteiger partial charge in [0.25, 0.3) is 0 Å². The first-order chi connectivity index (χ1) is 8.29. The zero-order valence-corrected chi connectivity index (χ0v) is 9.82. The number of nitriles is 1. The van der Waals surface area contributed by atoms with Crippen LogP contribution in [0.3, 0.4) is 0 Å². The largest absolute Gasteiger partial charge is 0.322 e. The van der Waals surface area contributed by atoms with Gasteiger partial charge in [0.2, 0.25) is 0 Å². The fraction of sp³-hybridized carbons (Fsp3) is 0.167. The highest BCUT2D eigenvalue weighted by Crippen LogP contribution is 2.16. The van der Waals surface area contributed by atoms with Crippen molar-refractivity contribution in [3.8, 4) is 6.07 Å². The molecule has 0 saturated heterocycles. The molecule has 2 aromatic rings. The topological polar surface area (TPSA) is 41.6 Å². The quantitative estimate of drug-likeness (QED) is 0.780. The lowest BCUT2D eigenvalue weighted by Gasteiger charge is -2.06. The summed E-state index contributed by atoms with van der Waals surface area (Å²) in [6.45, 7) is 0.633. The Kier molecular flexibility index (Phi) is 3.78. The maximum atomic E-state index is 12.8. The fourth-order valence-electron chi connectivity index (χ4n) is 1.44. The van der Waals surface area contributed by atoms with Gasteiger partial charge in [-0.05, 0) is 17.7 Å². The van der Waals surface area contributed by atoms with Gasteiger partial charge in [0.15, 0.2) is 5.16 Å². The van der Waals surface area contributed by atoms with Gasteiger partial charge < -0.3 is 4.57 Å². The molecule has 3 nitrogen and oxygen atoms in total. The summed E-state index contributed by atoms with van der Waals surface area (Å²) in [5.74, 6) is 0.138. The van der Waals surface area contributed by atoms with E-state index in [1.165, 1.54) is 23.9 Å². The van der Waals surface area contributed by atoms with E-state index >= 15 is 0 Å². The molecule has 0 unspecified atom stereocenters. The van der Waals surface area contributed by atoms with E-state index in [0.29, 0.717) is 12.3 Å². The van der Waals surface area contributed by atoms with Crippen LogP contribution < -0.4 is 0 Å². The summed E-state index contributed by atoms with van der Waals surface area (Å²) >= 11 is 1.39. The van der Waals surface area contributed by atoms with E-state index in [0.717, 1.165) is 10.7 Å². The number of rotatable bonds is 4. The Bertz CT molecular complexity index is 527. The second-order valence-corrected chi connectivity index (χ2v) is 4.35. The summed E-state index contributed by atoms with van der Waals surface area (Å²) in [6.07, 6.45) is 3.55. The molecule has 0 radical (unpaired) electrons. The van der Waals surface area contributed by atoms with Crippen LogP contribution in [-0.4, -0.2) is 15.3 Å². The zero-order chi connectivity index (χ0) is 12.1. The van der Waals surface area contributed by atoms with Crippen LogP contribution in [0.15, 0.2) is 41.8 Å². The minimum atomic E-state index is -0.238. The number of benzene rings is 1.